The van der Waals surface area contributed by atoms with E-state index >= 15 is 0 Å². The van der Waals surface area contributed by atoms with Gasteiger partial charge in [0, 0.05) is 41.2 Å². The van der Waals surface area contributed by atoms with E-state index in [-0.39, 0.29) is 10.6 Å². The molecule has 162 valence electrons. The van der Waals surface area contributed by atoms with Crippen molar-refractivity contribution >= 4 is 55.2 Å². The number of thiazole rings is 1. The third-order valence-electron chi connectivity index (χ3n) is 5.23. The number of non-ortho nitro benzene ring substituents is 1. The molecule has 2 heterocycles. The highest BCUT2D eigenvalue weighted by Crippen LogP contribution is 2.35. The van der Waals surface area contributed by atoms with Crippen LogP contribution < -0.4 is 4.90 Å². The highest BCUT2D eigenvalue weighted by atomic mass is 35.5. The van der Waals surface area contributed by atoms with Crippen molar-refractivity contribution in [2.24, 2.45) is 0 Å². The smallest absolute Gasteiger partial charge is 0.269 e. The van der Waals surface area contributed by atoms with Crippen molar-refractivity contribution in [3.63, 3.8) is 0 Å². The summed E-state index contributed by atoms with van der Waals surface area (Å²) in [6.07, 6.45) is 0.909. The van der Waals surface area contributed by atoms with Crippen LogP contribution in [0.1, 0.15) is 12.8 Å². The fourth-order valence-electron chi connectivity index (χ4n) is 3.54. The molecule has 3 aromatic rings. The maximum atomic E-state index is 12.9. The van der Waals surface area contributed by atoms with Gasteiger partial charge in [-0.2, -0.15) is 0 Å². The Morgan fingerprint density at radius 3 is 2.39 bits per heavy atom. The fourth-order valence-corrected chi connectivity index (χ4v) is 6.65. The molecule has 31 heavy (non-hydrogen) atoms. The van der Waals surface area contributed by atoms with Gasteiger partial charge in [-0.25, -0.2) is 13.4 Å². The first kappa shape index (κ1) is 22.0. The monoisotopic (exact) mass is 497 g/mol. The van der Waals surface area contributed by atoms with Crippen LogP contribution >= 0.6 is 34.5 Å². The van der Waals surface area contributed by atoms with Gasteiger partial charge in [0.2, 0.25) is 0 Å². The first-order chi connectivity index (χ1) is 14.8. The van der Waals surface area contributed by atoms with Crippen LogP contribution in [0.2, 0.25) is 10.0 Å². The van der Waals surface area contributed by atoms with Gasteiger partial charge in [0.05, 0.1) is 25.8 Å². The van der Waals surface area contributed by atoms with Gasteiger partial charge in [-0.05, 0) is 43.2 Å². The van der Waals surface area contributed by atoms with Gasteiger partial charge in [0.15, 0.2) is 15.0 Å². The minimum Gasteiger partial charge on any atom is -0.348 e. The molecule has 0 saturated carbocycles. The molecular weight excluding hydrogens is 481 g/mol. The summed E-state index contributed by atoms with van der Waals surface area (Å²) >= 11 is 13.7. The molecule has 0 radical (unpaired) electrons. The van der Waals surface area contributed by atoms with Crippen LogP contribution in [-0.2, 0) is 9.84 Å². The number of sulfone groups is 1. The van der Waals surface area contributed by atoms with Crippen LogP contribution in [-0.4, -0.2) is 36.7 Å². The number of rotatable bonds is 5. The second-order valence-electron chi connectivity index (χ2n) is 7.12. The summed E-state index contributed by atoms with van der Waals surface area (Å²) in [4.78, 5) is 17.1. The van der Waals surface area contributed by atoms with E-state index < -0.39 is 20.0 Å². The lowest BCUT2D eigenvalue weighted by molar-refractivity contribution is -0.384. The number of nitro groups is 1. The summed E-state index contributed by atoms with van der Waals surface area (Å²) in [7, 11) is -3.55. The molecule has 0 atom stereocenters. The van der Waals surface area contributed by atoms with Crippen molar-refractivity contribution in [2.45, 2.75) is 23.0 Å². The number of piperidine rings is 1. The third-order valence-corrected chi connectivity index (χ3v) is 8.95. The van der Waals surface area contributed by atoms with Crippen molar-refractivity contribution in [3.05, 3.63) is 68.0 Å². The van der Waals surface area contributed by atoms with Crippen molar-refractivity contribution in [2.75, 3.05) is 18.0 Å². The molecule has 2 aromatic carbocycles. The summed E-state index contributed by atoms with van der Waals surface area (Å²) in [6, 6.07) is 10.3. The van der Waals surface area contributed by atoms with Crippen LogP contribution in [0.5, 0.6) is 0 Å². The topological polar surface area (TPSA) is 93.4 Å². The van der Waals surface area contributed by atoms with Gasteiger partial charge in [-0.1, -0.05) is 23.2 Å². The van der Waals surface area contributed by atoms with Gasteiger partial charge in [0.25, 0.3) is 5.69 Å². The van der Waals surface area contributed by atoms with Crippen LogP contribution in [0, 0.1) is 10.1 Å². The molecule has 1 aliphatic heterocycles. The Hall–Kier alpha value is -2.20. The van der Waals surface area contributed by atoms with Gasteiger partial charge >= 0.3 is 0 Å². The number of halogens is 2. The molecule has 0 spiro atoms. The van der Waals surface area contributed by atoms with Crippen molar-refractivity contribution in [3.8, 4) is 11.3 Å². The predicted molar refractivity (Wildman–Crippen MR) is 123 cm³/mol. The van der Waals surface area contributed by atoms with Crippen molar-refractivity contribution in [1.82, 2.24) is 4.98 Å². The number of anilines is 1. The number of nitrogens with zero attached hydrogens (tertiary/aromatic N) is 3. The van der Waals surface area contributed by atoms with E-state index in [1.54, 1.807) is 12.1 Å². The quantitative estimate of drug-likeness (QED) is 0.342. The van der Waals surface area contributed by atoms with Crippen LogP contribution in [0.4, 0.5) is 10.8 Å². The molecule has 0 unspecified atom stereocenters. The SMILES string of the molecule is O=[N+]([O-])c1ccc(S(=O)(=O)C2CCN(c3nc(-c4ccc(Cl)cc4Cl)cs3)CC2)cc1. The van der Waals surface area contributed by atoms with Crippen molar-refractivity contribution in [1.29, 1.82) is 0 Å². The molecule has 0 amide bonds. The predicted octanol–water partition coefficient (Wildman–Crippen LogP) is 5.47. The molecule has 1 aliphatic rings. The molecule has 0 aliphatic carbocycles. The normalized spacial score (nSPS) is 15.2. The second kappa shape index (κ2) is 8.74. The molecule has 1 fully saturated rings. The largest absolute Gasteiger partial charge is 0.348 e. The number of hydrogen-bond donors (Lipinski definition) is 0. The molecule has 0 N–H and O–H groups in total. The summed E-state index contributed by atoms with van der Waals surface area (Å²) < 4.78 is 25.9. The molecule has 1 aromatic heterocycles. The molecule has 1 saturated heterocycles. The zero-order chi connectivity index (χ0) is 22.2. The Kier molecular flexibility index (Phi) is 6.20. The summed E-state index contributed by atoms with van der Waals surface area (Å²) in [5.74, 6) is 0. The Labute approximate surface area is 193 Å². The Morgan fingerprint density at radius 1 is 1.10 bits per heavy atom. The Balaban J connectivity index is 1.45. The Bertz CT molecular complexity index is 1220. The fraction of sp³-hybridized carbons (Fsp3) is 0.250. The summed E-state index contributed by atoms with van der Waals surface area (Å²) in [5, 5.41) is 14.1. The first-order valence-corrected chi connectivity index (χ1v) is 12.6. The first-order valence-electron chi connectivity index (χ1n) is 9.40. The number of benzene rings is 2. The maximum absolute atomic E-state index is 12.9. The minimum absolute atomic E-state index is 0.116. The van der Waals surface area contributed by atoms with Gasteiger partial charge in [0.1, 0.15) is 0 Å². The van der Waals surface area contributed by atoms with E-state index in [4.69, 9.17) is 23.2 Å². The summed E-state index contributed by atoms with van der Waals surface area (Å²) in [6.45, 7) is 1.11. The van der Waals surface area contributed by atoms with Crippen LogP contribution in [0.3, 0.4) is 0 Å². The molecule has 11 heteroatoms. The highest BCUT2D eigenvalue weighted by Gasteiger charge is 2.32. The van der Waals surface area contributed by atoms with Crippen LogP contribution in [0.15, 0.2) is 52.7 Å². The van der Waals surface area contributed by atoms with E-state index in [0.717, 1.165) is 16.4 Å². The zero-order valence-corrected chi connectivity index (χ0v) is 19.2. The number of hydrogen-bond acceptors (Lipinski definition) is 7. The average Bonchev–Trinajstić information content (AvgIpc) is 3.24. The van der Waals surface area contributed by atoms with E-state index in [9.17, 15) is 18.5 Å². The van der Waals surface area contributed by atoms with E-state index in [2.05, 4.69) is 9.88 Å². The lowest BCUT2D eigenvalue weighted by atomic mass is 10.1. The van der Waals surface area contributed by atoms with Crippen molar-refractivity contribution < 1.29 is 13.3 Å². The number of nitro benzene ring substituents is 1. The highest BCUT2D eigenvalue weighted by molar-refractivity contribution is 7.92. The Morgan fingerprint density at radius 2 is 1.77 bits per heavy atom. The molecular formula is C20H17Cl2N3O4S2. The standard InChI is InChI=1S/C20H17Cl2N3O4S2/c21-13-1-6-17(18(22)11-13)19-12-30-20(23-19)24-9-7-16(8-10-24)31(28,29)15-4-2-14(3-5-15)25(26)27/h1-6,11-12,16H,7-10H2. The maximum Gasteiger partial charge on any atom is 0.269 e. The molecule has 4 rings (SSSR count). The van der Waals surface area contributed by atoms with E-state index in [0.29, 0.717) is 36.0 Å². The molecule has 0 bridgehead atoms. The second-order valence-corrected chi connectivity index (χ2v) is 11.0. The number of aromatic nitrogens is 1. The van der Waals surface area contributed by atoms with Gasteiger partial charge in [-0.3, -0.25) is 10.1 Å². The average molecular weight is 498 g/mol. The minimum atomic E-state index is -3.55. The molecule has 7 nitrogen and oxygen atoms in total. The van der Waals surface area contributed by atoms with E-state index in [1.165, 1.54) is 35.6 Å². The van der Waals surface area contributed by atoms with Gasteiger partial charge in [-0.15, -0.1) is 11.3 Å². The lowest BCUT2D eigenvalue weighted by Crippen LogP contribution is -2.39. The third kappa shape index (κ3) is 4.55. The summed E-state index contributed by atoms with van der Waals surface area (Å²) in [5.41, 5.74) is 1.42. The lowest BCUT2D eigenvalue weighted by Gasteiger charge is -2.31. The zero-order valence-electron chi connectivity index (χ0n) is 16.1. The van der Waals surface area contributed by atoms with E-state index in [1.807, 2.05) is 11.4 Å². The van der Waals surface area contributed by atoms with Crippen LogP contribution in [0.25, 0.3) is 11.3 Å². The van der Waals surface area contributed by atoms with Gasteiger partial charge < -0.3 is 4.90 Å².